The molecular formula is C13H18N2O. The monoisotopic (exact) mass is 218 g/mol. The van der Waals surface area contributed by atoms with Crippen LogP contribution in [-0.2, 0) is 6.42 Å². The Morgan fingerprint density at radius 3 is 2.94 bits per heavy atom. The van der Waals surface area contributed by atoms with E-state index in [9.17, 15) is 0 Å². The Labute approximate surface area is 95.7 Å². The van der Waals surface area contributed by atoms with E-state index >= 15 is 0 Å². The number of aromatic nitrogens is 1. The first-order valence-electron chi connectivity index (χ1n) is 5.94. The summed E-state index contributed by atoms with van der Waals surface area (Å²) in [4.78, 5) is 4.42. The van der Waals surface area contributed by atoms with Gasteiger partial charge in [0.1, 0.15) is 5.52 Å². The fraction of sp³-hybridized carbons (Fsp3) is 0.462. The third kappa shape index (κ3) is 2.54. The van der Waals surface area contributed by atoms with Crippen LogP contribution in [0.25, 0.3) is 11.1 Å². The van der Waals surface area contributed by atoms with Crippen molar-refractivity contribution in [1.82, 2.24) is 4.98 Å². The second-order valence-electron chi connectivity index (χ2n) is 4.15. The van der Waals surface area contributed by atoms with Crippen LogP contribution in [0.3, 0.4) is 0 Å². The molecule has 1 heterocycles. The summed E-state index contributed by atoms with van der Waals surface area (Å²) in [5.41, 5.74) is 8.12. The highest BCUT2D eigenvalue weighted by atomic mass is 16.3. The van der Waals surface area contributed by atoms with Crippen LogP contribution < -0.4 is 5.73 Å². The largest absolute Gasteiger partial charge is 0.441 e. The van der Waals surface area contributed by atoms with Crippen molar-refractivity contribution in [2.75, 3.05) is 5.73 Å². The second-order valence-corrected chi connectivity index (χ2v) is 4.15. The van der Waals surface area contributed by atoms with Crippen LogP contribution in [0.2, 0.25) is 0 Å². The van der Waals surface area contributed by atoms with Gasteiger partial charge in [0.2, 0.25) is 0 Å². The van der Waals surface area contributed by atoms with Crippen molar-refractivity contribution >= 4 is 16.8 Å². The quantitative estimate of drug-likeness (QED) is 0.617. The molecule has 0 bridgehead atoms. The highest BCUT2D eigenvalue weighted by molar-refractivity contribution is 5.76. The molecule has 0 amide bonds. The zero-order valence-electron chi connectivity index (χ0n) is 9.70. The van der Waals surface area contributed by atoms with Crippen LogP contribution in [0.5, 0.6) is 0 Å². The molecule has 1 aromatic heterocycles. The number of nitrogens with zero attached hydrogens (tertiary/aromatic N) is 1. The highest BCUT2D eigenvalue weighted by Gasteiger charge is 2.05. The van der Waals surface area contributed by atoms with Gasteiger partial charge in [-0.1, -0.05) is 26.2 Å². The molecule has 0 saturated heterocycles. The number of oxazole rings is 1. The normalized spacial score (nSPS) is 11.1. The topological polar surface area (TPSA) is 52.0 Å². The van der Waals surface area contributed by atoms with Crippen molar-refractivity contribution in [2.45, 2.75) is 39.0 Å². The Morgan fingerprint density at radius 1 is 1.25 bits per heavy atom. The lowest BCUT2D eigenvalue weighted by atomic mass is 10.1. The minimum Gasteiger partial charge on any atom is -0.441 e. The van der Waals surface area contributed by atoms with Gasteiger partial charge in [-0.05, 0) is 24.6 Å². The number of nitrogens with two attached hydrogens (primary N) is 1. The zero-order valence-corrected chi connectivity index (χ0v) is 9.70. The van der Waals surface area contributed by atoms with Gasteiger partial charge in [-0.3, -0.25) is 0 Å². The molecule has 0 aliphatic rings. The summed E-state index contributed by atoms with van der Waals surface area (Å²) < 4.78 is 5.64. The predicted molar refractivity (Wildman–Crippen MR) is 66.3 cm³/mol. The smallest absolute Gasteiger partial charge is 0.195 e. The Morgan fingerprint density at radius 2 is 2.12 bits per heavy atom. The van der Waals surface area contributed by atoms with Crippen molar-refractivity contribution in [3.63, 3.8) is 0 Å². The number of fused-ring (bicyclic) bond motifs is 1. The van der Waals surface area contributed by atoms with Crippen molar-refractivity contribution in [2.24, 2.45) is 0 Å². The molecule has 3 heteroatoms. The lowest BCUT2D eigenvalue weighted by molar-refractivity contribution is 0.509. The Bertz CT molecular complexity index is 462. The molecule has 0 unspecified atom stereocenters. The van der Waals surface area contributed by atoms with Gasteiger partial charge < -0.3 is 10.2 Å². The summed E-state index contributed by atoms with van der Waals surface area (Å²) in [5, 5.41) is 0. The molecule has 0 aliphatic carbocycles. The maximum absolute atomic E-state index is 5.69. The van der Waals surface area contributed by atoms with Crippen LogP contribution in [0.4, 0.5) is 5.69 Å². The van der Waals surface area contributed by atoms with E-state index in [4.69, 9.17) is 10.2 Å². The van der Waals surface area contributed by atoms with E-state index in [-0.39, 0.29) is 0 Å². The third-order valence-electron chi connectivity index (χ3n) is 2.70. The molecule has 0 aliphatic heterocycles. The van der Waals surface area contributed by atoms with Crippen LogP contribution in [0.1, 0.15) is 38.5 Å². The standard InChI is InChI=1S/C13H18N2O/c1-2-3-4-5-6-13-15-11-9-10(14)7-8-12(11)16-13/h7-9H,2-6,14H2,1H3. The fourth-order valence-electron chi connectivity index (χ4n) is 1.80. The van der Waals surface area contributed by atoms with Crippen LogP contribution in [0, 0.1) is 0 Å². The van der Waals surface area contributed by atoms with Gasteiger partial charge in [-0.25, -0.2) is 4.98 Å². The lowest BCUT2D eigenvalue weighted by Gasteiger charge is -1.94. The molecule has 86 valence electrons. The Balaban J connectivity index is 2.02. The summed E-state index contributed by atoms with van der Waals surface area (Å²) in [7, 11) is 0. The fourth-order valence-corrected chi connectivity index (χ4v) is 1.80. The summed E-state index contributed by atoms with van der Waals surface area (Å²) in [6, 6.07) is 5.58. The average molecular weight is 218 g/mol. The van der Waals surface area contributed by atoms with Crippen LogP contribution in [-0.4, -0.2) is 4.98 Å². The first-order chi connectivity index (χ1) is 7.79. The van der Waals surface area contributed by atoms with E-state index in [0.717, 1.165) is 35.5 Å². The molecule has 0 spiro atoms. The van der Waals surface area contributed by atoms with Crippen molar-refractivity contribution in [1.29, 1.82) is 0 Å². The molecule has 0 radical (unpaired) electrons. The van der Waals surface area contributed by atoms with Crippen molar-refractivity contribution in [3.05, 3.63) is 24.1 Å². The number of aryl methyl sites for hydroxylation is 1. The van der Waals surface area contributed by atoms with Gasteiger partial charge in [0.15, 0.2) is 11.5 Å². The highest BCUT2D eigenvalue weighted by Crippen LogP contribution is 2.19. The lowest BCUT2D eigenvalue weighted by Crippen LogP contribution is -1.85. The summed E-state index contributed by atoms with van der Waals surface area (Å²) >= 11 is 0. The maximum Gasteiger partial charge on any atom is 0.195 e. The van der Waals surface area contributed by atoms with Gasteiger partial charge in [0.25, 0.3) is 0 Å². The van der Waals surface area contributed by atoms with Gasteiger partial charge in [0, 0.05) is 12.1 Å². The number of benzene rings is 1. The molecule has 1 aromatic carbocycles. The molecule has 2 aromatic rings. The second kappa shape index (κ2) is 5.01. The minimum atomic E-state index is 0.735. The van der Waals surface area contributed by atoms with Gasteiger partial charge in [0.05, 0.1) is 0 Å². The molecular weight excluding hydrogens is 200 g/mol. The first kappa shape index (κ1) is 11.0. The average Bonchev–Trinajstić information content (AvgIpc) is 2.66. The van der Waals surface area contributed by atoms with Crippen LogP contribution >= 0.6 is 0 Å². The number of unbranched alkanes of at least 4 members (excludes halogenated alkanes) is 3. The molecule has 0 atom stereocenters. The van der Waals surface area contributed by atoms with E-state index in [1.54, 1.807) is 0 Å². The van der Waals surface area contributed by atoms with E-state index in [0.29, 0.717) is 0 Å². The Hall–Kier alpha value is -1.51. The van der Waals surface area contributed by atoms with E-state index in [1.807, 2.05) is 18.2 Å². The molecule has 16 heavy (non-hydrogen) atoms. The maximum atomic E-state index is 5.69. The summed E-state index contributed by atoms with van der Waals surface area (Å²) in [6.07, 6.45) is 5.86. The Kier molecular flexibility index (Phi) is 3.44. The first-order valence-corrected chi connectivity index (χ1v) is 5.94. The molecule has 0 saturated carbocycles. The molecule has 0 fully saturated rings. The molecule has 2 N–H and O–H groups in total. The van der Waals surface area contributed by atoms with Gasteiger partial charge >= 0.3 is 0 Å². The summed E-state index contributed by atoms with van der Waals surface area (Å²) in [5.74, 6) is 0.830. The number of hydrogen-bond donors (Lipinski definition) is 1. The van der Waals surface area contributed by atoms with Gasteiger partial charge in [-0.15, -0.1) is 0 Å². The van der Waals surface area contributed by atoms with Gasteiger partial charge in [-0.2, -0.15) is 0 Å². The minimum absolute atomic E-state index is 0.735. The van der Waals surface area contributed by atoms with E-state index in [1.165, 1.54) is 19.3 Å². The number of anilines is 1. The number of rotatable bonds is 5. The number of nitrogen functional groups attached to an aromatic ring is 1. The number of hydrogen-bond acceptors (Lipinski definition) is 3. The zero-order chi connectivity index (χ0) is 11.4. The predicted octanol–water partition coefficient (Wildman–Crippen LogP) is 3.53. The van der Waals surface area contributed by atoms with E-state index < -0.39 is 0 Å². The van der Waals surface area contributed by atoms with Crippen molar-refractivity contribution < 1.29 is 4.42 Å². The third-order valence-corrected chi connectivity index (χ3v) is 2.70. The summed E-state index contributed by atoms with van der Waals surface area (Å²) in [6.45, 7) is 2.21. The molecule has 3 nitrogen and oxygen atoms in total. The van der Waals surface area contributed by atoms with Crippen molar-refractivity contribution in [3.8, 4) is 0 Å². The van der Waals surface area contributed by atoms with Crippen LogP contribution in [0.15, 0.2) is 22.6 Å². The SMILES string of the molecule is CCCCCCc1nc2cc(N)ccc2o1. The van der Waals surface area contributed by atoms with E-state index in [2.05, 4.69) is 11.9 Å². The molecule has 2 rings (SSSR count).